The summed E-state index contributed by atoms with van der Waals surface area (Å²) in [5.74, 6) is 0.837. The number of rotatable bonds is 9. The molecule has 6 nitrogen and oxygen atoms in total. The second-order valence-corrected chi connectivity index (χ2v) is 8.43. The average Bonchev–Trinajstić information content (AvgIpc) is 3.21. The van der Waals surface area contributed by atoms with Crippen molar-refractivity contribution in [3.63, 3.8) is 0 Å². The molecule has 0 aromatic heterocycles. The summed E-state index contributed by atoms with van der Waals surface area (Å²) in [5, 5.41) is 16.3. The van der Waals surface area contributed by atoms with E-state index in [9.17, 15) is 5.11 Å². The van der Waals surface area contributed by atoms with Crippen LogP contribution in [0.5, 0.6) is 0 Å². The van der Waals surface area contributed by atoms with E-state index >= 15 is 0 Å². The van der Waals surface area contributed by atoms with Crippen LogP contribution in [0.15, 0.2) is 29.3 Å². The molecule has 6 heteroatoms. The van der Waals surface area contributed by atoms with Crippen molar-refractivity contribution in [3.05, 3.63) is 35.4 Å². The lowest BCUT2D eigenvalue weighted by Gasteiger charge is -2.28. The van der Waals surface area contributed by atoms with Crippen LogP contribution in [0.3, 0.4) is 0 Å². The van der Waals surface area contributed by atoms with Gasteiger partial charge in [-0.15, -0.1) is 0 Å². The highest BCUT2D eigenvalue weighted by atomic mass is 16.5. The van der Waals surface area contributed by atoms with Crippen molar-refractivity contribution in [1.29, 1.82) is 0 Å². The molecule has 2 heterocycles. The Bertz CT molecular complexity index is 638. The fraction of sp³-hybridized carbons (Fsp3) is 0.696. The van der Waals surface area contributed by atoms with Gasteiger partial charge in [0.15, 0.2) is 5.96 Å². The van der Waals surface area contributed by atoms with Crippen LogP contribution >= 0.6 is 0 Å². The summed E-state index contributed by atoms with van der Waals surface area (Å²) in [6.07, 6.45) is 5.74. The quantitative estimate of drug-likeness (QED) is 0.437. The molecule has 0 spiro atoms. The Hall–Kier alpha value is -1.63. The van der Waals surface area contributed by atoms with E-state index in [0.717, 1.165) is 45.0 Å². The summed E-state index contributed by atoms with van der Waals surface area (Å²) in [4.78, 5) is 7.43. The molecule has 162 valence electrons. The van der Waals surface area contributed by atoms with Crippen LogP contribution in [-0.4, -0.2) is 62.0 Å². The highest BCUT2D eigenvalue weighted by Crippen LogP contribution is 2.31. The molecule has 2 fully saturated rings. The smallest absolute Gasteiger partial charge is 0.191 e. The van der Waals surface area contributed by atoms with Gasteiger partial charge in [-0.1, -0.05) is 30.7 Å². The Morgan fingerprint density at radius 2 is 1.97 bits per heavy atom. The van der Waals surface area contributed by atoms with Gasteiger partial charge in [-0.3, -0.25) is 4.90 Å². The van der Waals surface area contributed by atoms with Crippen molar-refractivity contribution >= 4 is 5.96 Å². The zero-order valence-electron chi connectivity index (χ0n) is 18.0. The second kappa shape index (κ2) is 11.5. The largest absolute Gasteiger partial charge is 0.396 e. The number of ether oxygens (including phenoxy) is 1. The normalized spacial score (nSPS) is 23.3. The van der Waals surface area contributed by atoms with Crippen molar-refractivity contribution in [3.8, 4) is 0 Å². The summed E-state index contributed by atoms with van der Waals surface area (Å²) in [7, 11) is 0. The van der Waals surface area contributed by atoms with Crippen LogP contribution < -0.4 is 10.6 Å². The molecule has 0 amide bonds. The number of guanidine groups is 1. The van der Waals surface area contributed by atoms with E-state index in [0.29, 0.717) is 13.2 Å². The van der Waals surface area contributed by atoms with Gasteiger partial charge in [-0.05, 0) is 56.8 Å². The molecule has 0 aliphatic carbocycles. The fourth-order valence-electron chi connectivity index (χ4n) is 4.31. The summed E-state index contributed by atoms with van der Waals surface area (Å²) in [5.41, 5.74) is 2.69. The summed E-state index contributed by atoms with van der Waals surface area (Å²) < 4.78 is 5.61. The minimum absolute atomic E-state index is 0.0110. The molecule has 0 radical (unpaired) electrons. The van der Waals surface area contributed by atoms with Crippen molar-refractivity contribution in [1.82, 2.24) is 15.5 Å². The first-order valence-electron chi connectivity index (χ1n) is 11.2. The molecule has 29 heavy (non-hydrogen) atoms. The van der Waals surface area contributed by atoms with Crippen LogP contribution in [0, 0.1) is 5.41 Å². The van der Waals surface area contributed by atoms with Gasteiger partial charge in [-0.2, -0.15) is 0 Å². The fourth-order valence-corrected chi connectivity index (χ4v) is 4.31. The highest BCUT2D eigenvalue weighted by Gasteiger charge is 2.34. The van der Waals surface area contributed by atoms with Crippen LogP contribution in [-0.2, 0) is 17.8 Å². The maximum atomic E-state index is 9.44. The third-order valence-electron chi connectivity index (χ3n) is 6.17. The van der Waals surface area contributed by atoms with Gasteiger partial charge in [-0.25, -0.2) is 4.99 Å². The molecule has 0 saturated carbocycles. The number of likely N-dealkylation sites (tertiary alicyclic amines) is 1. The highest BCUT2D eigenvalue weighted by molar-refractivity contribution is 5.79. The molecule has 1 unspecified atom stereocenters. The molecule has 2 aliphatic heterocycles. The van der Waals surface area contributed by atoms with Gasteiger partial charge < -0.3 is 20.5 Å². The zero-order valence-corrected chi connectivity index (χ0v) is 18.0. The zero-order chi connectivity index (χ0) is 20.4. The molecule has 1 atom stereocenters. The predicted octanol–water partition coefficient (Wildman–Crippen LogP) is 2.52. The number of aliphatic imine (C=N–C) groups is 1. The van der Waals surface area contributed by atoms with Crippen molar-refractivity contribution in [2.75, 3.05) is 46.0 Å². The maximum Gasteiger partial charge on any atom is 0.191 e. The minimum Gasteiger partial charge on any atom is -0.396 e. The third-order valence-corrected chi connectivity index (χ3v) is 6.17. The first-order chi connectivity index (χ1) is 14.2. The number of nitrogens with zero attached hydrogens (tertiary/aromatic N) is 2. The molecular weight excluding hydrogens is 364 g/mol. The molecular formula is C23H38N4O2. The van der Waals surface area contributed by atoms with Crippen molar-refractivity contribution in [2.45, 2.75) is 52.1 Å². The Morgan fingerprint density at radius 1 is 1.17 bits per heavy atom. The Morgan fingerprint density at radius 3 is 2.66 bits per heavy atom. The number of nitrogens with one attached hydrogen (secondary N) is 2. The van der Waals surface area contributed by atoms with Gasteiger partial charge in [0.25, 0.3) is 0 Å². The summed E-state index contributed by atoms with van der Waals surface area (Å²) in [6, 6.07) is 8.68. The molecule has 1 aromatic carbocycles. The van der Waals surface area contributed by atoms with Crippen LogP contribution in [0.1, 0.15) is 50.2 Å². The average molecular weight is 403 g/mol. The lowest BCUT2D eigenvalue weighted by molar-refractivity contribution is 0.127. The van der Waals surface area contributed by atoms with Gasteiger partial charge >= 0.3 is 0 Å². The third kappa shape index (κ3) is 6.69. The van der Waals surface area contributed by atoms with Crippen LogP contribution in [0.2, 0.25) is 0 Å². The van der Waals surface area contributed by atoms with E-state index in [1.807, 2.05) is 0 Å². The van der Waals surface area contributed by atoms with Crippen LogP contribution in [0.25, 0.3) is 0 Å². The van der Waals surface area contributed by atoms with E-state index in [2.05, 4.69) is 46.7 Å². The van der Waals surface area contributed by atoms with Crippen molar-refractivity contribution in [2.24, 2.45) is 10.4 Å². The molecule has 2 aliphatic rings. The molecule has 3 N–H and O–H groups in total. The van der Waals surface area contributed by atoms with E-state index < -0.39 is 0 Å². The lowest BCUT2D eigenvalue weighted by atomic mass is 9.84. The van der Waals surface area contributed by atoms with Gasteiger partial charge in [0.2, 0.25) is 0 Å². The summed E-state index contributed by atoms with van der Waals surface area (Å²) >= 11 is 0. The Kier molecular flexibility index (Phi) is 8.77. The number of hydrogen-bond acceptors (Lipinski definition) is 4. The van der Waals surface area contributed by atoms with Crippen LogP contribution in [0.4, 0.5) is 0 Å². The molecule has 2 saturated heterocycles. The van der Waals surface area contributed by atoms with Gasteiger partial charge in [0, 0.05) is 38.3 Å². The first kappa shape index (κ1) is 22.1. The Balaban J connectivity index is 1.62. The SMILES string of the molecule is CCNC(=NCc1ccccc1CN1CCCCC1)NCC1(CCO)CCOC1. The van der Waals surface area contributed by atoms with E-state index in [-0.39, 0.29) is 12.0 Å². The molecule has 1 aromatic rings. The topological polar surface area (TPSA) is 69.1 Å². The number of benzene rings is 1. The van der Waals surface area contributed by atoms with Gasteiger partial charge in [0.1, 0.15) is 0 Å². The Labute approximate surface area is 175 Å². The predicted molar refractivity (Wildman–Crippen MR) is 118 cm³/mol. The second-order valence-electron chi connectivity index (χ2n) is 8.43. The lowest BCUT2D eigenvalue weighted by Crippen LogP contribution is -2.44. The molecule has 0 bridgehead atoms. The molecule has 3 rings (SSSR count). The minimum atomic E-state index is 0.0110. The number of hydrogen-bond donors (Lipinski definition) is 3. The monoisotopic (exact) mass is 402 g/mol. The maximum absolute atomic E-state index is 9.44. The first-order valence-corrected chi connectivity index (χ1v) is 11.2. The standard InChI is InChI=1S/C23H38N4O2/c1-2-24-22(26-18-23(10-14-28)11-15-29-19-23)25-16-20-8-4-5-9-21(20)17-27-12-6-3-7-13-27/h4-5,8-9,28H,2-3,6-7,10-19H2,1H3,(H2,24,25,26). The van der Waals surface area contributed by atoms with Gasteiger partial charge in [0.05, 0.1) is 13.2 Å². The van der Waals surface area contributed by atoms with E-state index in [1.165, 1.54) is 43.5 Å². The number of piperidine rings is 1. The van der Waals surface area contributed by atoms with E-state index in [1.54, 1.807) is 0 Å². The van der Waals surface area contributed by atoms with Crippen molar-refractivity contribution < 1.29 is 9.84 Å². The summed E-state index contributed by atoms with van der Waals surface area (Å²) in [6.45, 7) is 9.47. The number of aliphatic hydroxyl groups excluding tert-OH is 1. The number of aliphatic hydroxyl groups is 1. The van der Waals surface area contributed by atoms with E-state index in [4.69, 9.17) is 9.73 Å².